The number of nitrogens with zero attached hydrogens (tertiary/aromatic N) is 2. The second-order valence-electron chi connectivity index (χ2n) is 4.05. The van der Waals surface area contributed by atoms with Crippen molar-refractivity contribution < 1.29 is 17.9 Å². The monoisotopic (exact) mass is 270 g/mol. The largest absolute Gasteiger partial charge is 0.426 e. The van der Waals surface area contributed by atoms with Gasteiger partial charge in [0.25, 0.3) is 0 Å². The van der Waals surface area contributed by atoms with E-state index in [1.165, 1.54) is 12.1 Å². The molecule has 0 saturated heterocycles. The molecule has 2 aromatic rings. The summed E-state index contributed by atoms with van der Waals surface area (Å²) in [5.74, 6) is 0.120. The number of hydrogen-bond acceptors (Lipinski definition) is 2. The van der Waals surface area contributed by atoms with Gasteiger partial charge in [0, 0.05) is 12.2 Å². The molecule has 102 valence electrons. The molecule has 0 amide bonds. The number of aryl methyl sites for hydroxylation is 1. The van der Waals surface area contributed by atoms with Crippen LogP contribution in [0.15, 0.2) is 30.5 Å². The van der Waals surface area contributed by atoms with Crippen LogP contribution in [-0.2, 0) is 12.7 Å². The Kier molecular flexibility index (Phi) is 3.50. The van der Waals surface area contributed by atoms with E-state index in [0.717, 1.165) is 17.8 Å². The number of ether oxygens (including phenoxy) is 1. The third-order valence-electron chi connectivity index (χ3n) is 2.71. The second kappa shape index (κ2) is 4.95. The highest BCUT2D eigenvalue weighted by Gasteiger charge is 2.30. The second-order valence-corrected chi connectivity index (χ2v) is 4.05. The van der Waals surface area contributed by atoms with Gasteiger partial charge in [-0.15, -0.1) is 0 Å². The van der Waals surface area contributed by atoms with Crippen molar-refractivity contribution in [3.8, 4) is 11.8 Å². The molecule has 3 nitrogen and oxygen atoms in total. The van der Waals surface area contributed by atoms with Crippen LogP contribution in [0.2, 0.25) is 0 Å². The van der Waals surface area contributed by atoms with E-state index in [0.29, 0.717) is 12.6 Å². The first-order valence-corrected chi connectivity index (χ1v) is 5.79. The Labute approximate surface area is 108 Å². The van der Waals surface area contributed by atoms with E-state index in [4.69, 9.17) is 4.74 Å². The van der Waals surface area contributed by atoms with Gasteiger partial charge in [0.15, 0.2) is 0 Å². The molecule has 0 radical (unpaired) electrons. The lowest BCUT2D eigenvalue weighted by atomic mass is 10.2. The van der Waals surface area contributed by atoms with Crippen LogP contribution >= 0.6 is 0 Å². The molecular formula is C13H13F3N2O. The van der Waals surface area contributed by atoms with Gasteiger partial charge in [0.05, 0.1) is 11.8 Å². The Balaban J connectivity index is 2.29. The maximum atomic E-state index is 12.6. The Morgan fingerprint density at radius 3 is 2.68 bits per heavy atom. The summed E-state index contributed by atoms with van der Waals surface area (Å²) in [6, 6.07) is 5.04. The molecule has 0 N–H and O–H groups in total. The number of imidazole rings is 1. The molecule has 0 aliphatic rings. The van der Waals surface area contributed by atoms with Crippen molar-refractivity contribution in [2.24, 2.45) is 0 Å². The smallest absolute Gasteiger partial charge is 0.416 e. The van der Waals surface area contributed by atoms with Crippen LogP contribution in [0, 0.1) is 6.92 Å². The maximum Gasteiger partial charge on any atom is 0.416 e. The lowest BCUT2D eigenvalue weighted by molar-refractivity contribution is -0.137. The summed E-state index contributed by atoms with van der Waals surface area (Å²) >= 11 is 0. The fraction of sp³-hybridized carbons (Fsp3) is 0.308. The minimum Gasteiger partial charge on any atom is -0.426 e. The van der Waals surface area contributed by atoms with Crippen LogP contribution < -0.4 is 4.74 Å². The fourth-order valence-electron chi connectivity index (χ4n) is 1.75. The lowest BCUT2D eigenvalue weighted by Gasteiger charge is -2.10. The van der Waals surface area contributed by atoms with E-state index in [1.807, 2.05) is 13.8 Å². The summed E-state index contributed by atoms with van der Waals surface area (Å²) in [4.78, 5) is 4.03. The molecule has 0 aliphatic heterocycles. The van der Waals surface area contributed by atoms with Gasteiger partial charge >= 0.3 is 12.2 Å². The molecule has 2 rings (SSSR count). The minimum atomic E-state index is -4.38. The third kappa shape index (κ3) is 2.89. The van der Waals surface area contributed by atoms with Crippen molar-refractivity contribution in [2.45, 2.75) is 26.6 Å². The molecule has 0 saturated carbocycles. The SMILES string of the molecule is CCn1c(C)cnc1Oc1cccc(C(F)(F)F)c1. The number of hydrogen-bond donors (Lipinski definition) is 0. The van der Waals surface area contributed by atoms with E-state index < -0.39 is 11.7 Å². The summed E-state index contributed by atoms with van der Waals surface area (Å²) < 4.78 is 44.9. The predicted octanol–water partition coefficient (Wildman–Crippen LogP) is 4.02. The molecule has 0 spiro atoms. The number of aromatic nitrogens is 2. The fourth-order valence-corrected chi connectivity index (χ4v) is 1.75. The molecule has 1 aromatic heterocycles. The molecule has 0 bridgehead atoms. The number of benzene rings is 1. The molecular weight excluding hydrogens is 257 g/mol. The molecule has 1 aromatic carbocycles. The van der Waals surface area contributed by atoms with Gasteiger partial charge in [-0.3, -0.25) is 4.57 Å². The lowest BCUT2D eigenvalue weighted by Crippen LogP contribution is -2.05. The quantitative estimate of drug-likeness (QED) is 0.842. The van der Waals surface area contributed by atoms with E-state index in [1.54, 1.807) is 10.8 Å². The highest BCUT2D eigenvalue weighted by Crippen LogP contribution is 2.32. The number of rotatable bonds is 3. The average molecular weight is 270 g/mol. The van der Waals surface area contributed by atoms with Crippen LogP contribution in [0.4, 0.5) is 13.2 Å². The highest BCUT2D eigenvalue weighted by atomic mass is 19.4. The molecule has 0 aliphatic carbocycles. The van der Waals surface area contributed by atoms with E-state index in [-0.39, 0.29) is 5.75 Å². The van der Waals surface area contributed by atoms with Gasteiger partial charge in [-0.05, 0) is 32.0 Å². The third-order valence-corrected chi connectivity index (χ3v) is 2.71. The van der Waals surface area contributed by atoms with Crippen LogP contribution in [0.3, 0.4) is 0 Å². The Bertz CT molecular complexity index is 576. The highest BCUT2D eigenvalue weighted by molar-refractivity contribution is 5.32. The molecule has 0 fully saturated rings. The van der Waals surface area contributed by atoms with Crippen molar-refractivity contribution in [1.29, 1.82) is 0 Å². The van der Waals surface area contributed by atoms with E-state index >= 15 is 0 Å². The van der Waals surface area contributed by atoms with Gasteiger partial charge in [-0.2, -0.15) is 13.2 Å². The van der Waals surface area contributed by atoms with Crippen LogP contribution in [0.25, 0.3) is 0 Å². The summed E-state index contributed by atoms with van der Waals surface area (Å²) in [6.07, 6.45) is -2.76. The Hall–Kier alpha value is -1.98. The van der Waals surface area contributed by atoms with Crippen molar-refractivity contribution in [3.63, 3.8) is 0 Å². The normalized spacial score (nSPS) is 11.6. The molecule has 1 heterocycles. The molecule has 6 heteroatoms. The Morgan fingerprint density at radius 2 is 2.05 bits per heavy atom. The van der Waals surface area contributed by atoms with Crippen LogP contribution in [0.5, 0.6) is 11.8 Å². The van der Waals surface area contributed by atoms with Gasteiger partial charge in [-0.25, -0.2) is 4.98 Å². The van der Waals surface area contributed by atoms with E-state index in [2.05, 4.69) is 4.98 Å². The average Bonchev–Trinajstić information content (AvgIpc) is 2.69. The summed E-state index contributed by atoms with van der Waals surface area (Å²) in [5.41, 5.74) is 0.154. The van der Waals surface area contributed by atoms with Crippen molar-refractivity contribution in [1.82, 2.24) is 9.55 Å². The standard InChI is InChI=1S/C13H13F3N2O/c1-3-18-9(2)8-17-12(18)19-11-6-4-5-10(7-11)13(14,15)16/h4-8H,3H2,1-2H3. The zero-order valence-corrected chi connectivity index (χ0v) is 10.5. The predicted molar refractivity (Wildman–Crippen MR) is 64.2 cm³/mol. The van der Waals surface area contributed by atoms with Crippen molar-refractivity contribution in [2.75, 3.05) is 0 Å². The summed E-state index contributed by atoms with van der Waals surface area (Å²) in [5, 5.41) is 0. The van der Waals surface area contributed by atoms with Gasteiger partial charge in [0.2, 0.25) is 0 Å². The van der Waals surface area contributed by atoms with Crippen LogP contribution in [0.1, 0.15) is 18.2 Å². The zero-order chi connectivity index (χ0) is 14.0. The Morgan fingerprint density at radius 1 is 1.32 bits per heavy atom. The molecule has 0 atom stereocenters. The minimum absolute atomic E-state index is 0.120. The maximum absolute atomic E-state index is 12.6. The van der Waals surface area contributed by atoms with E-state index in [9.17, 15) is 13.2 Å². The first kappa shape index (κ1) is 13.5. The first-order chi connectivity index (χ1) is 8.91. The van der Waals surface area contributed by atoms with Gasteiger partial charge < -0.3 is 4.74 Å². The topological polar surface area (TPSA) is 27.1 Å². The van der Waals surface area contributed by atoms with Crippen molar-refractivity contribution in [3.05, 3.63) is 41.7 Å². The van der Waals surface area contributed by atoms with Gasteiger partial charge in [0.1, 0.15) is 5.75 Å². The summed E-state index contributed by atoms with van der Waals surface area (Å²) in [6.45, 7) is 4.41. The summed E-state index contributed by atoms with van der Waals surface area (Å²) in [7, 11) is 0. The zero-order valence-electron chi connectivity index (χ0n) is 10.5. The van der Waals surface area contributed by atoms with Crippen molar-refractivity contribution >= 4 is 0 Å². The number of halogens is 3. The molecule has 19 heavy (non-hydrogen) atoms. The first-order valence-electron chi connectivity index (χ1n) is 5.79. The number of alkyl halides is 3. The van der Waals surface area contributed by atoms with Crippen LogP contribution in [-0.4, -0.2) is 9.55 Å². The van der Waals surface area contributed by atoms with Gasteiger partial charge in [-0.1, -0.05) is 6.07 Å². The molecule has 0 unspecified atom stereocenters.